The van der Waals surface area contributed by atoms with Gasteiger partial charge in [0.15, 0.2) is 14.7 Å². The van der Waals surface area contributed by atoms with Gasteiger partial charge < -0.3 is 4.98 Å². The number of hydrogen-bond donors (Lipinski definition) is 2. The summed E-state index contributed by atoms with van der Waals surface area (Å²) in [5, 5.41) is 0. The third-order valence-electron chi connectivity index (χ3n) is 3.42. The summed E-state index contributed by atoms with van der Waals surface area (Å²) in [6, 6.07) is 6.72. The number of sulfone groups is 1. The van der Waals surface area contributed by atoms with Gasteiger partial charge in [0.05, 0.1) is 5.75 Å². The molecule has 0 bridgehead atoms. The number of nitrogens with one attached hydrogen (secondary N) is 2. The predicted octanol–water partition coefficient (Wildman–Crippen LogP) is 2.03. The van der Waals surface area contributed by atoms with E-state index in [1.807, 2.05) is 0 Å². The molecule has 0 unspecified atom stereocenters. The van der Waals surface area contributed by atoms with Crippen LogP contribution in [0, 0.1) is 0 Å². The van der Waals surface area contributed by atoms with Gasteiger partial charge in [-0.15, -0.1) is 0 Å². The number of H-pyrrole nitrogens is 2. The number of halogens is 6. The number of aromatic amines is 2. The maximum absolute atomic E-state index is 14.1. The van der Waals surface area contributed by atoms with Crippen molar-refractivity contribution in [3.8, 4) is 0 Å². The zero-order chi connectivity index (χ0) is 20.6. The van der Waals surface area contributed by atoms with E-state index in [2.05, 4.69) is 0 Å². The fourth-order valence-corrected chi connectivity index (χ4v) is 3.76. The summed E-state index contributed by atoms with van der Waals surface area (Å²) in [6.45, 7) is 0. The fourth-order valence-electron chi connectivity index (χ4n) is 2.16. The van der Waals surface area contributed by atoms with Crippen molar-refractivity contribution >= 4 is 9.84 Å². The summed E-state index contributed by atoms with van der Waals surface area (Å²) in [5.74, 6) is -13.0. The lowest BCUT2D eigenvalue weighted by Crippen LogP contribution is -2.47. The number of hydrogen-bond acceptors (Lipinski definition) is 4. The van der Waals surface area contributed by atoms with Gasteiger partial charge in [0, 0.05) is 0 Å². The van der Waals surface area contributed by atoms with Gasteiger partial charge in [0.2, 0.25) is 0 Å². The molecule has 2 rings (SSSR count). The third-order valence-corrected chi connectivity index (χ3v) is 5.14. The zero-order valence-electron chi connectivity index (χ0n) is 13.0. The first kappa shape index (κ1) is 20.7. The minimum Gasteiger partial charge on any atom is -0.304 e. The smallest absolute Gasteiger partial charge is 0.304 e. The molecule has 0 atom stereocenters. The Hall–Kier alpha value is -2.57. The Balaban J connectivity index is 2.75. The first-order chi connectivity index (χ1) is 12.3. The largest absolute Gasteiger partial charge is 0.375 e. The van der Waals surface area contributed by atoms with Crippen LogP contribution in [0.1, 0.15) is 11.3 Å². The van der Waals surface area contributed by atoms with Crippen molar-refractivity contribution in [3.63, 3.8) is 0 Å². The van der Waals surface area contributed by atoms with Crippen molar-refractivity contribution in [1.82, 2.24) is 9.97 Å². The Morgan fingerprint density at radius 2 is 1.52 bits per heavy atom. The van der Waals surface area contributed by atoms with Gasteiger partial charge in [0.1, 0.15) is 5.69 Å². The second-order valence-corrected chi connectivity index (χ2v) is 7.28. The second kappa shape index (κ2) is 6.87. The summed E-state index contributed by atoms with van der Waals surface area (Å²) < 4.78 is 104. The van der Waals surface area contributed by atoms with Gasteiger partial charge in [0.25, 0.3) is 5.56 Å². The Morgan fingerprint density at radius 3 is 2.04 bits per heavy atom. The molecule has 13 heteroatoms. The minimum atomic E-state index is -6.05. The first-order valence-electron chi connectivity index (χ1n) is 6.98. The molecule has 0 saturated carbocycles. The van der Waals surface area contributed by atoms with E-state index in [4.69, 9.17) is 0 Å². The third kappa shape index (κ3) is 3.77. The molecule has 6 nitrogen and oxygen atoms in total. The molecule has 2 N–H and O–H groups in total. The van der Waals surface area contributed by atoms with Crippen LogP contribution in [0.4, 0.5) is 26.3 Å². The molecule has 27 heavy (non-hydrogen) atoms. The van der Waals surface area contributed by atoms with Crippen LogP contribution in [-0.4, -0.2) is 30.7 Å². The molecule has 0 saturated heterocycles. The summed E-state index contributed by atoms with van der Waals surface area (Å²) in [6.07, 6.45) is -4.90. The Bertz CT molecular complexity index is 1050. The van der Waals surface area contributed by atoms with Crippen LogP contribution in [0.25, 0.3) is 0 Å². The molecule has 0 aliphatic heterocycles. The van der Waals surface area contributed by atoms with E-state index in [0.29, 0.717) is 0 Å². The normalized spacial score (nSPS) is 13.1. The van der Waals surface area contributed by atoms with Crippen molar-refractivity contribution in [2.45, 2.75) is 28.9 Å². The van der Waals surface area contributed by atoms with Crippen LogP contribution >= 0.6 is 0 Å². The number of alkyl halides is 6. The van der Waals surface area contributed by atoms with E-state index < -0.39 is 55.7 Å². The SMILES string of the molecule is O=c1[nH]c(C(F)(F)C(F)(F)C(F)F)c(S(=O)(=O)Cc2ccccc2)c(=O)[nH]1. The van der Waals surface area contributed by atoms with E-state index in [-0.39, 0.29) is 5.56 Å². The zero-order valence-corrected chi connectivity index (χ0v) is 13.8. The lowest BCUT2D eigenvalue weighted by Gasteiger charge is -2.26. The lowest BCUT2D eigenvalue weighted by molar-refractivity contribution is -0.273. The molecule has 0 spiro atoms. The maximum Gasteiger partial charge on any atom is 0.375 e. The van der Waals surface area contributed by atoms with Gasteiger partial charge in [-0.3, -0.25) is 9.78 Å². The van der Waals surface area contributed by atoms with Crippen LogP contribution in [0.15, 0.2) is 44.8 Å². The molecule has 2 aromatic rings. The monoisotopic (exact) mass is 416 g/mol. The van der Waals surface area contributed by atoms with Crippen molar-refractivity contribution in [2.24, 2.45) is 0 Å². The molecule has 0 amide bonds. The van der Waals surface area contributed by atoms with E-state index >= 15 is 0 Å². The molecule has 1 aromatic heterocycles. The Kier molecular flexibility index (Phi) is 5.27. The summed E-state index contributed by atoms with van der Waals surface area (Å²) >= 11 is 0. The van der Waals surface area contributed by atoms with E-state index in [9.17, 15) is 44.3 Å². The van der Waals surface area contributed by atoms with Crippen LogP contribution in [0.5, 0.6) is 0 Å². The highest BCUT2D eigenvalue weighted by atomic mass is 32.2. The number of aromatic nitrogens is 2. The fraction of sp³-hybridized carbons (Fsp3) is 0.286. The van der Waals surface area contributed by atoms with E-state index in [0.717, 1.165) is 4.98 Å². The maximum atomic E-state index is 14.1. The molecule has 0 fully saturated rings. The Morgan fingerprint density at radius 1 is 0.963 bits per heavy atom. The average molecular weight is 416 g/mol. The van der Waals surface area contributed by atoms with E-state index in [1.165, 1.54) is 35.3 Å². The van der Waals surface area contributed by atoms with Crippen molar-refractivity contribution in [2.75, 3.05) is 0 Å². The Labute approximate surface area is 146 Å². The molecular weight excluding hydrogens is 406 g/mol. The molecule has 0 radical (unpaired) electrons. The van der Waals surface area contributed by atoms with Gasteiger partial charge >= 0.3 is 24.0 Å². The molecule has 1 aromatic carbocycles. The van der Waals surface area contributed by atoms with Gasteiger partial charge in [-0.05, 0) is 5.56 Å². The predicted molar refractivity (Wildman–Crippen MR) is 79.9 cm³/mol. The van der Waals surface area contributed by atoms with Crippen LogP contribution < -0.4 is 11.2 Å². The second-order valence-electron chi connectivity index (χ2n) is 5.36. The van der Waals surface area contributed by atoms with E-state index in [1.54, 1.807) is 0 Å². The molecule has 148 valence electrons. The summed E-state index contributed by atoms with van der Waals surface area (Å²) in [7, 11) is -5.03. The highest BCUT2D eigenvalue weighted by Gasteiger charge is 2.66. The standard InChI is InChI=1S/C14H10F6N2O4S/c15-11(16)14(19,20)13(17,18)9-8(10(23)22-12(24)21-9)27(25,26)6-7-4-2-1-3-5-7/h1-5,11H,6H2,(H2,21,22,23,24). The van der Waals surface area contributed by atoms with Crippen molar-refractivity contribution < 1.29 is 34.8 Å². The van der Waals surface area contributed by atoms with Crippen molar-refractivity contribution in [1.29, 1.82) is 0 Å². The summed E-state index contributed by atoms with van der Waals surface area (Å²) in [5.41, 5.74) is -6.11. The minimum absolute atomic E-state index is 0.00186. The topological polar surface area (TPSA) is 99.9 Å². The summed E-state index contributed by atoms with van der Waals surface area (Å²) in [4.78, 5) is 23.5. The highest BCUT2D eigenvalue weighted by molar-refractivity contribution is 7.90. The van der Waals surface area contributed by atoms with Gasteiger partial charge in [-0.2, -0.15) is 17.6 Å². The average Bonchev–Trinajstić information content (AvgIpc) is 2.53. The number of rotatable bonds is 6. The van der Waals surface area contributed by atoms with Gasteiger partial charge in [-0.1, -0.05) is 30.3 Å². The first-order valence-corrected chi connectivity index (χ1v) is 8.63. The van der Waals surface area contributed by atoms with Crippen LogP contribution in [-0.2, 0) is 21.5 Å². The van der Waals surface area contributed by atoms with Gasteiger partial charge in [-0.25, -0.2) is 22.0 Å². The molecule has 0 aliphatic rings. The highest BCUT2D eigenvalue weighted by Crippen LogP contribution is 2.46. The number of benzene rings is 1. The van der Waals surface area contributed by atoms with Crippen LogP contribution in [0.2, 0.25) is 0 Å². The molecular formula is C14H10F6N2O4S. The lowest BCUT2D eigenvalue weighted by atomic mass is 10.1. The molecule has 0 aliphatic carbocycles. The quantitative estimate of drug-likeness (QED) is 0.704. The molecule has 1 heterocycles. The van der Waals surface area contributed by atoms with Crippen molar-refractivity contribution in [3.05, 3.63) is 62.4 Å². The van der Waals surface area contributed by atoms with Crippen LogP contribution in [0.3, 0.4) is 0 Å².